The fourth-order valence-corrected chi connectivity index (χ4v) is 3.86. The van der Waals surface area contributed by atoms with Crippen molar-refractivity contribution in [1.29, 1.82) is 0 Å². The molecule has 144 valence electrons. The van der Waals surface area contributed by atoms with Crippen molar-refractivity contribution in [2.45, 2.75) is 23.6 Å². The van der Waals surface area contributed by atoms with Gasteiger partial charge in [-0.25, -0.2) is 16.8 Å². The van der Waals surface area contributed by atoms with E-state index in [1.807, 2.05) is 0 Å². The molecule has 0 saturated carbocycles. The third-order valence-electron chi connectivity index (χ3n) is 3.18. The zero-order valence-electron chi connectivity index (χ0n) is 14.2. The van der Waals surface area contributed by atoms with Gasteiger partial charge >= 0.3 is 37.7 Å². The predicted molar refractivity (Wildman–Crippen MR) is 103 cm³/mol. The molecule has 0 bridgehead atoms. The van der Waals surface area contributed by atoms with E-state index in [1.54, 1.807) is 13.8 Å². The molecule has 4 N–H and O–H groups in total. The van der Waals surface area contributed by atoms with Gasteiger partial charge in [0.1, 0.15) is 20.2 Å². The van der Waals surface area contributed by atoms with Gasteiger partial charge in [0.2, 0.25) is 0 Å². The number of aryl methyl sites for hydroxylation is 2. The third-order valence-corrected chi connectivity index (χ3v) is 5.78. The average Bonchev–Trinajstić information content (AvgIpc) is 2.45. The van der Waals surface area contributed by atoms with E-state index in [4.69, 9.17) is 34.7 Å². The van der Waals surface area contributed by atoms with Crippen molar-refractivity contribution in [3.05, 3.63) is 45.4 Å². The second kappa shape index (κ2) is 9.95. The average molecular weight is 481 g/mol. The van der Waals surface area contributed by atoms with E-state index in [2.05, 4.69) is 0 Å². The quantitative estimate of drug-likeness (QED) is 0.373. The van der Waals surface area contributed by atoms with Crippen LogP contribution in [0.5, 0.6) is 0 Å². The molecule has 0 atom stereocenters. The Hall–Kier alpha value is -0.300. The Morgan fingerprint density at radius 1 is 0.741 bits per heavy atom. The molecule has 2 aromatic rings. The Kier molecular flexibility index (Phi) is 9.84. The maximum Gasteiger partial charge on any atom is 2.00 e. The number of rotatable bonds is 2. The molecule has 0 aliphatic rings. The van der Waals surface area contributed by atoms with Gasteiger partial charge in [-0.2, -0.15) is 0 Å². The number of nitrogen functional groups attached to an aromatic ring is 2. The molecule has 2 rings (SSSR count). The van der Waals surface area contributed by atoms with Crippen LogP contribution < -0.4 is 11.5 Å². The molecule has 0 aromatic heterocycles. The van der Waals surface area contributed by atoms with Gasteiger partial charge in [-0.1, -0.05) is 23.2 Å². The summed E-state index contributed by atoms with van der Waals surface area (Å²) < 4.78 is 63.7. The van der Waals surface area contributed by atoms with Crippen molar-refractivity contribution in [2.75, 3.05) is 11.5 Å². The van der Waals surface area contributed by atoms with Crippen molar-refractivity contribution >= 4 is 92.6 Å². The molecule has 8 nitrogen and oxygen atoms in total. The Bertz CT molecular complexity index is 974. The van der Waals surface area contributed by atoms with E-state index in [1.165, 1.54) is 12.1 Å². The molecule has 27 heavy (non-hydrogen) atoms. The van der Waals surface area contributed by atoms with Gasteiger partial charge in [0.05, 0.1) is 19.8 Å². The minimum Gasteiger partial charge on any atom is -0.744 e. The van der Waals surface area contributed by atoms with Crippen LogP contribution in [-0.2, 0) is 20.2 Å². The third kappa shape index (κ3) is 7.56. The minimum atomic E-state index is -4.53. The van der Waals surface area contributed by atoms with Crippen molar-refractivity contribution in [1.82, 2.24) is 0 Å². The first kappa shape index (κ1) is 26.7. The first-order chi connectivity index (χ1) is 11.6. The molecule has 0 spiro atoms. The number of halogens is 2. The molecule has 0 saturated heterocycles. The van der Waals surface area contributed by atoms with Crippen molar-refractivity contribution < 1.29 is 25.9 Å². The molecule has 0 fully saturated rings. The molecule has 0 amide bonds. The number of hydrogen-bond acceptors (Lipinski definition) is 8. The fraction of sp³-hybridized carbons (Fsp3) is 0.143. The van der Waals surface area contributed by atoms with Crippen LogP contribution in [0.3, 0.4) is 0 Å². The van der Waals surface area contributed by atoms with Gasteiger partial charge in [0, 0.05) is 11.4 Å². The van der Waals surface area contributed by atoms with Crippen molar-refractivity contribution in [2.24, 2.45) is 0 Å². The van der Waals surface area contributed by atoms with Crippen LogP contribution in [0.1, 0.15) is 11.1 Å². The second-order valence-electron chi connectivity index (χ2n) is 5.19. The summed E-state index contributed by atoms with van der Waals surface area (Å²) in [5.41, 5.74) is 12.6. The second-order valence-corrected chi connectivity index (χ2v) is 8.70. The summed E-state index contributed by atoms with van der Waals surface area (Å²) in [6.45, 7) is 3.34. The van der Waals surface area contributed by atoms with Crippen LogP contribution in [0.2, 0.25) is 10.0 Å². The van der Waals surface area contributed by atoms with Gasteiger partial charge in [-0.3, -0.25) is 0 Å². The van der Waals surface area contributed by atoms with Crippen LogP contribution in [0.25, 0.3) is 0 Å². The van der Waals surface area contributed by atoms with Gasteiger partial charge in [0.15, 0.2) is 0 Å². The smallest absolute Gasteiger partial charge is 0.744 e. The SMILES string of the molecule is Cc1cc(Cl)c(S(=O)(=O)[O-])cc1N.Cc1cc(Cl)c(S(=O)(=O)[O-])cc1N.[Ca+2]. The van der Waals surface area contributed by atoms with E-state index < -0.39 is 30.0 Å². The molecule has 2 aromatic carbocycles. The fourth-order valence-electron chi connectivity index (χ4n) is 1.72. The predicted octanol–water partition coefficient (Wildman–Crippen LogP) is 1.89. The summed E-state index contributed by atoms with van der Waals surface area (Å²) in [4.78, 5) is -0.950. The van der Waals surface area contributed by atoms with Crippen LogP contribution in [0.4, 0.5) is 11.4 Å². The maximum absolute atomic E-state index is 10.6. The monoisotopic (exact) mass is 480 g/mol. The van der Waals surface area contributed by atoms with Crippen LogP contribution in [0.15, 0.2) is 34.1 Å². The van der Waals surface area contributed by atoms with Gasteiger partial charge in [-0.05, 0) is 49.2 Å². The largest absolute Gasteiger partial charge is 2.00 e. The van der Waals surface area contributed by atoms with E-state index >= 15 is 0 Å². The van der Waals surface area contributed by atoms with Crippen LogP contribution in [-0.4, -0.2) is 63.7 Å². The molecule has 13 heteroatoms. The van der Waals surface area contributed by atoms with E-state index in [0.717, 1.165) is 12.1 Å². The maximum atomic E-state index is 10.6. The summed E-state index contributed by atoms with van der Waals surface area (Å²) in [6.07, 6.45) is 0. The minimum absolute atomic E-state index is 0. The van der Waals surface area contributed by atoms with E-state index in [9.17, 15) is 25.9 Å². The van der Waals surface area contributed by atoms with Crippen molar-refractivity contribution in [3.63, 3.8) is 0 Å². The molecule has 0 radical (unpaired) electrons. The molecule has 0 unspecified atom stereocenters. The van der Waals surface area contributed by atoms with Crippen LogP contribution >= 0.6 is 23.2 Å². The molecule has 0 aliphatic carbocycles. The number of nitrogens with two attached hydrogens (primary N) is 2. The van der Waals surface area contributed by atoms with E-state index in [-0.39, 0.29) is 59.2 Å². The Morgan fingerprint density at radius 3 is 1.22 bits per heavy atom. The first-order valence-corrected chi connectivity index (χ1v) is 10.2. The summed E-state index contributed by atoms with van der Waals surface area (Å²) in [7, 11) is -9.07. The number of anilines is 2. The zero-order valence-corrected chi connectivity index (χ0v) is 19.5. The summed E-state index contributed by atoms with van der Waals surface area (Å²) in [5, 5.41) is -0.191. The normalized spacial score (nSPS) is 11.2. The zero-order chi connectivity index (χ0) is 20.4. The van der Waals surface area contributed by atoms with E-state index in [0.29, 0.717) is 11.1 Å². The number of benzene rings is 2. The summed E-state index contributed by atoms with van der Waals surface area (Å²) >= 11 is 11.1. The van der Waals surface area contributed by atoms with Gasteiger partial charge < -0.3 is 20.6 Å². The van der Waals surface area contributed by atoms with Crippen molar-refractivity contribution in [3.8, 4) is 0 Å². The van der Waals surface area contributed by atoms with Gasteiger partial charge in [0.25, 0.3) is 0 Å². The Balaban J connectivity index is 0.000000483. The Labute approximate surface area is 197 Å². The number of hydrogen-bond donors (Lipinski definition) is 2. The van der Waals surface area contributed by atoms with Crippen LogP contribution in [0, 0.1) is 13.8 Å². The standard InChI is InChI=1S/2C7H8ClNO3S.Ca/c2*1-4-2-5(8)7(3-6(4)9)13(10,11)12;/h2*2-3H,9H2,1H3,(H,10,11,12);/q;;+2/p-2. The van der Waals surface area contributed by atoms with Gasteiger partial charge in [-0.15, -0.1) is 0 Å². The summed E-state index contributed by atoms with van der Waals surface area (Å²) in [5.74, 6) is 0. The Morgan fingerprint density at radius 2 is 1.00 bits per heavy atom. The first-order valence-electron chi connectivity index (χ1n) is 6.67. The molecular weight excluding hydrogens is 467 g/mol. The molecule has 0 aliphatic heterocycles. The summed E-state index contributed by atoms with van der Waals surface area (Å²) in [6, 6.07) is 4.84. The molecular formula is C14H14CaCl2N2O6S2. The molecule has 0 heterocycles. The topological polar surface area (TPSA) is 166 Å².